The lowest BCUT2D eigenvalue weighted by molar-refractivity contribution is -0.132. The minimum atomic E-state index is -1.05. The SMILES string of the molecule is CN(Cc1ccc(Cl)c(Cl)c1)CN1C(=O)N[C@](C)(c2ccccc2)C1=O. The van der Waals surface area contributed by atoms with Crippen LogP contribution in [0.5, 0.6) is 0 Å². The Morgan fingerprint density at radius 1 is 1.08 bits per heavy atom. The van der Waals surface area contributed by atoms with Crippen LogP contribution in [-0.4, -0.2) is 35.5 Å². The Morgan fingerprint density at radius 2 is 1.77 bits per heavy atom. The minimum Gasteiger partial charge on any atom is -0.319 e. The number of benzene rings is 2. The molecule has 0 aromatic heterocycles. The van der Waals surface area contributed by atoms with Crippen molar-refractivity contribution in [3.63, 3.8) is 0 Å². The summed E-state index contributed by atoms with van der Waals surface area (Å²) in [5.41, 5.74) is 0.649. The molecule has 1 heterocycles. The fraction of sp³-hybridized carbons (Fsp3) is 0.263. The first-order valence-electron chi connectivity index (χ1n) is 8.13. The third-order valence-electron chi connectivity index (χ3n) is 4.45. The average molecular weight is 392 g/mol. The van der Waals surface area contributed by atoms with Gasteiger partial charge < -0.3 is 5.32 Å². The highest BCUT2D eigenvalue weighted by Gasteiger charge is 2.49. The van der Waals surface area contributed by atoms with Crippen molar-refractivity contribution >= 4 is 35.1 Å². The van der Waals surface area contributed by atoms with Crippen molar-refractivity contribution in [2.45, 2.75) is 19.0 Å². The molecule has 0 saturated carbocycles. The summed E-state index contributed by atoms with van der Waals surface area (Å²) in [6.45, 7) is 2.42. The zero-order valence-electron chi connectivity index (χ0n) is 14.5. The van der Waals surface area contributed by atoms with Gasteiger partial charge in [-0.3, -0.25) is 9.69 Å². The van der Waals surface area contributed by atoms with E-state index >= 15 is 0 Å². The zero-order valence-corrected chi connectivity index (χ0v) is 16.0. The van der Waals surface area contributed by atoms with Gasteiger partial charge in [0.15, 0.2) is 0 Å². The van der Waals surface area contributed by atoms with E-state index in [4.69, 9.17) is 23.2 Å². The van der Waals surface area contributed by atoms with Crippen molar-refractivity contribution in [3.05, 3.63) is 69.7 Å². The summed E-state index contributed by atoms with van der Waals surface area (Å²) in [5.74, 6) is -0.269. The van der Waals surface area contributed by atoms with Crippen LogP contribution in [0.3, 0.4) is 0 Å². The number of carbonyl (C=O) groups excluding carboxylic acids is 2. The van der Waals surface area contributed by atoms with E-state index in [2.05, 4.69) is 5.32 Å². The number of rotatable bonds is 5. The van der Waals surface area contributed by atoms with Crippen LogP contribution in [0.4, 0.5) is 4.79 Å². The minimum absolute atomic E-state index is 0.174. The predicted octanol–water partition coefficient (Wildman–Crippen LogP) is 3.85. The van der Waals surface area contributed by atoms with Gasteiger partial charge in [-0.05, 0) is 37.2 Å². The van der Waals surface area contributed by atoms with Crippen LogP contribution >= 0.6 is 23.2 Å². The maximum atomic E-state index is 12.9. The van der Waals surface area contributed by atoms with E-state index in [0.29, 0.717) is 16.6 Å². The number of amides is 3. The predicted molar refractivity (Wildman–Crippen MR) is 102 cm³/mol. The Balaban J connectivity index is 1.72. The third-order valence-corrected chi connectivity index (χ3v) is 5.18. The van der Waals surface area contributed by atoms with Gasteiger partial charge in [0.05, 0.1) is 16.7 Å². The van der Waals surface area contributed by atoms with Crippen LogP contribution in [-0.2, 0) is 16.9 Å². The van der Waals surface area contributed by atoms with Crippen molar-refractivity contribution in [1.29, 1.82) is 0 Å². The molecule has 2 aromatic rings. The van der Waals surface area contributed by atoms with Crippen LogP contribution in [0.15, 0.2) is 48.5 Å². The molecule has 1 aliphatic rings. The van der Waals surface area contributed by atoms with Gasteiger partial charge in [-0.1, -0.05) is 59.6 Å². The van der Waals surface area contributed by atoms with Crippen molar-refractivity contribution in [1.82, 2.24) is 15.1 Å². The Kier molecular flexibility index (Phi) is 5.23. The Hall–Kier alpha value is -2.08. The summed E-state index contributed by atoms with van der Waals surface area (Å²) < 4.78 is 0. The largest absolute Gasteiger partial charge is 0.326 e. The van der Waals surface area contributed by atoms with Crippen LogP contribution < -0.4 is 5.32 Å². The smallest absolute Gasteiger partial charge is 0.319 e. The van der Waals surface area contributed by atoms with Gasteiger partial charge in [-0.15, -0.1) is 0 Å². The Morgan fingerprint density at radius 3 is 2.42 bits per heavy atom. The number of nitrogens with zero attached hydrogens (tertiary/aromatic N) is 2. The zero-order chi connectivity index (χ0) is 18.9. The molecule has 5 nitrogen and oxygen atoms in total. The van der Waals surface area contributed by atoms with E-state index in [1.807, 2.05) is 48.3 Å². The number of hydrogen-bond donors (Lipinski definition) is 1. The monoisotopic (exact) mass is 391 g/mol. The second-order valence-electron chi connectivity index (χ2n) is 6.56. The molecule has 136 valence electrons. The van der Waals surface area contributed by atoms with Crippen LogP contribution in [0.1, 0.15) is 18.1 Å². The van der Waals surface area contributed by atoms with E-state index in [1.54, 1.807) is 19.1 Å². The summed E-state index contributed by atoms with van der Waals surface area (Å²) in [6.07, 6.45) is 0. The lowest BCUT2D eigenvalue weighted by Crippen LogP contribution is -2.42. The van der Waals surface area contributed by atoms with E-state index in [-0.39, 0.29) is 12.6 Å². The first kappa shape index (κ1) is 18.7. The van der Waals surface area contributed by atoms with Crippen LogP contribution in [0, 0.1) is 0 Å². The molecule has 1 saturated heterocycles. The quantitative estimate of drug-likeness (QED) is 0.787. The Bertz CT molecular complexity index is 844. The molecule has 3 amide bonds. The van der Waals surface area contributed by atoms with Crippen molar-refractivity contribution in [3.8, 4) is 0 Å². The van der Waals surface area contributed by atoms with Gasteiger partial charge in [-0.2, -0.15) is 0 Å². The number of carbonyl (C=O) groups is 2. The number of hydrogen-bond acceptors (Lipinski definition) is 3. The highest BCUT2D eigenvalue weighted by Crippen LogP contribution is 2.29. The maximum absolute atomic E-state index is 12.9. The molecule has 7 heteroatoms. The third kappa shape index (κ3) is 3.56. The standard InChI is InChI=1S/C19H19Cl2N3O2/c1-19(14-6-4-3-5-7-14)17(25)24(18(26)22-19)12-23(2)11-13-8-9-15(20)16(21)10-13/h3-10H,11-12H2,1-2H3,(H,22,26)/t19-/m1/s1. The molecule has 1 N–H and O–H groups in total. The van der Waals surface area contributed by atoms with Crippen molar-refractivity contribution in [2.24, 2.45) is 0 Å². The normalized spacial score (nSPS) is 20.0. The Labute approximate surface area is 162 Å². The molecule has 1 aliphatic heterocycles. The fourth-order valence-electron chi connectivity index (χ4n) is 3.03. The molecule has 26 heavy (non-hydrogen) atoms. The van der Waals surface area contributed by atoms with Gasteiger partial charge >= 0.3 is 6.03 Å². The van der Waals surface area contributed by atoms with E-state index in [9.17, 15) is 9.59 Å². The lowest BCUT2D eigenvalue weighted by Gasteiger charge is -2.25. The number of urea groups is 1. The first-order chi connectivity index (χ1) is 12.3. The summed E-state index contributed by atoms with van der Waals surface area (Å²) in [7, 11) is 1.83. The summed E-state index contributed by atoms with van der Waals surface area (Å²) in [5, 5.41) is 3.77. The topological polar surface area (TPSA) is 52.6 Å². The molecule has 2 aromatic carbocycles. The first-order valence-corrected chi connectivity index (χ1v) is 8.89. The molecule has 3 rings (SSSR count). The van der Waals surface area contributed by atoms with Crippen LogP contribution in [0.25, 0.3) is 0 Å². The van der Waals surface area contributed by atoms with Gasteiger partial charge in [0.2, 0.25) is 0 Å². The van der Waals surface area contributed by atoms with Crippen molar-refractivity contribution in [2.75, 3.05) is 13.7 Å². The molecule has 0 bridgehead atoms. The molecule has 0 spiro atoms. The second-order valence-corrected chi connectivity index (χ2v) is 7.37. The molecule has 0 aliphatic carbocycles. The van der Waals surface area contributed by atoms with E-state index in [1.165, 1.54) is 4.90 Å². The highest BCUT2D eigenvalue weighted by molar-refractivity contribution is 6.42. The van der Waals surface area contributed by atoms with Gasteiger partial charge in [0, 0.05) is 6.54 Å². The fourth-order valence-corrected chi connectivity index (χ4v) is 3.35. The van der Waals surface area contributed by atoms with Crippen LogP contribution in [0.2, 0.25) is 10.0 Å². The number of imide groups is 1. The molecular formula is C19H19Cl2N3O2. The molecule has 0 radical (unpaired) electrons. The second kappa shape index (κ2) is 7.27. The van der Waals surface area contributed by atoms with Gasteiger partial charge in [0.25, 0.3) is 5.91 Å². The average Bonchev–Trinajstić information content (AvgIpc) is 2.83. The molecule has 1 fully saturated rings. The summed E-state index contributed by atoms with van der Waals surface area (Å²) in [6, 6.07) is 14.2. The summed E-state index contributed by atoms with van der Waals surface area (Å²) in [4.78, 5) is 28.4. The van der Waals surface area contributed by atoms with Gasteiger partial charge in [0.1, 0.15) is 5.54 Å². The van der Waals surface area contributed by atoms with E-state index in [0.717, 1.165) is 11.1 Å². The molecular weight excluding hydrogens is 373 g/mol. The maximum Gasteiger partial charge on any atom is 0.326 e. The molecule has 1 atom stereocenters. The van der Waals surface area contributed by atoms with Gasteiger partial charge in [-0.25, -0.2) is 9.69 Å². The highest BCUT2D eigenvalue weighted by atomic mass is 35.5. The number of halogens is 2. The molecule has 0 unspecified atom stereocenters. The lowest BCUT2D eigenvalue weighted by atomic mass is 9.92. The van der Waals surface area contributed by atoms with E-state index < -0.39 is 11.6 Å². The van der Waals surface area contributed by atoms with Crippen molar-refractivity contribution < 1.29 is 9.59 Å². The summed E-state index contributed by atoms with van der Waals surface area (Å²) >= 11 is 12.0. The number of nitrogens with one attached hydrogen (secondary N) is 1.